The number of benzene rings is 3. The lowest BCUT2D eigenvalue weighted by molar-refractivity contribution is -0.138. The van der Waals surface area contributed by atoms with E-state index in [1.807, 2.05) is 37.2 Å². The number of anilines is 1. The Kier molecular flexibility index (Phi) is 7.66. The fourth-order valence-electron chi connectivity index (χ4n) is 2.84. The highest BCUT2D eigenvalue weighted by Crippen LogP contribution is 2.31. The monoisotopic (exact) mass is 450 g/mol. The molecule has 1 unspecified atom stereocenters. The second-order valence-corrected chi connectivity index (χ2v) is 9.31. The number of carboxylic acid groups (broad SMARTS) is 1. The highest BCUT2D eigenvalue weighted by atomic mass is 35.7. The fraction of sp³-hybridized carbons (Fsp3) is 0.190. The van der Waals surface area contributed by atoms with Crippen LogP contribution in [0.2, 0.25) is 0 Å². The summed E-state index contributed by atoms with van der Waals surface area (Å²) in [7, 11) is 5.54. The van der Waals surface area contributed by atoms with E-state index in [0.717, 1.165) is 16.6 Å². The second kappa shape index (κ2) is 9.80. The van der Waals surface area contributed by atoms with Crippen molar-refractivity contribution >= 4 is 42.2 Å². The predicted molar refractivity (Wildman–Crippen MR) is 119 cm³/mol. The molecule has 0 saturated carbocycles. The Morgan fingerprint density at radius 3 is 2.13 bits per heavy atom. The van der Waals surface area contributed by atoms with Crippen molar-refractivity contribution in [2.45, 2.75) is 17.4 Å². The molecule has 0 spiro atoms. The molecule has 4 N–H and O–H groups in total. The Bertz CT molecular complexity index is 1130. The number of hydrogen-bond acceptors (Lipinski definition) is 6. The summed E-state index contributed by atoms with van der Waals surface area (Å²) in [5.74, 6) is -0.860. The van der Waals surface area contributed by atoms with E-state index in [4.69, 9.17) is 26.6 Å². The maximum atomic E-state index is 11.5. The first-order valence-corrected chi connectivity index (χ1v) is 11.2. The molecular formula is C21H23ClN2O5S. The van der Waals surface area contributed by atoms with Gasteiger partial charge in [0, 0.05) is 41.2 Å². The van der Waals surface area contributed by atoms with Crippen molar-refractivity contribution in [1.82, 2.24) is 0 Å². The molecule has 0 amide bonds. The molecular weight excluding hydrogens is 428 g/mol. The van der Waals surface area contributed by atoms with Gasteiger partial charge in [-0.25, -0.2) is 8.42 Å². The Labute approximate surface area is 179 Å². The summed E-state index contributed by atoms with van der Waals surface area (Å²) in [4.78, 5) is 12.5. The Balaban J connectivity index is 0.000000222. The molecule has 30 heavy (non-hydrogen) atoms. The second-order valence-electron chi connectivity index (χ2n) is 6.78. The number of phenols is 1. The highest BCUT2D eigenvalue weighted by Gasteiger charge is 2.15. The summed E-state index contributed by atoms with van der Waals surface area (Å²) in [6, 6.07) is 16.0. The molecule has 0 fully saturated rings. The van der Waals surface area contributed by atoms with Gasteiger partial charge in [0.1, 0.15) is 11.8 Å². The van der Waals surface area contributed by atoms with Crippen molar-refractivity contribution in [3.05, 3.63) is 66.2 Å². The molecule has 0 radical (unpaired) electrons. The van der Waals surface area contributed by atoms with Gasteiger partial charge in [-0.05, 0) is 36.2 Å². The van der Waals surface area contributed by atoms with E-state index in [1.165, 1.54) is 18.2 Å². The van der Waals surface area contributed by atoms with Crippen LogP contribution in [0, 0.1) is 0 Å². The zero-order chi connectivity index (χ0) is 22.5. The van der Waals surface area contributed by atoms with E-state index < -0.39 is 21.1 Å². The highest BCUT2D eigenvalue weighted by molar-refractivity contribution is 8.14. The number of aliphatic carboxylic acids is 1. The predicted octanol–water partition coefficient (Wildman–Crippen LogP) is 3.18. The number of phenolic OH excluding ortho intramolecular Hbond substituents is 1. The third-order valence-electron chi connectivity index (χ3n) is 4.31. The molecule has 0 heterocycles. The van der Waals surface area contributed by atoms with Crippen molar-refractivity contribution < 1.29 is 23.4 Å². The van der Waals surface area contributed by atoms with Crippen LogP contribution in [0.15, 0.2) is 65.6 Å². The smallest absolute Gasteiger partial charge is 0.320 e. The van der Waals surface area contributed by atoms with E-state index in [-0.39, 0.29) is 17.1 Å². The molecule has 9 heteroatoms. The van der Waals surface area contributed by atoms with Gasteiger partial charge in [0.05, 0.1) is 4.90 Å². The minimum absolute atomic E-state index is 0.153. The Morgan fingerprint density at radius 2 is 1.60 bits per heavy atom. The zero-order valence-corrected chi connectivity index (χ0v) is 18.1. The zero-order valence-electron chi connectivity index (χ0n) is 16.5. The number of aromatic hydroxyl groups is 1. The van der Waals surface area contributed by atoms with Gasteiger partial charge in [-0.15, -0.1) is 0 Å². The first-order valence-electron chi connectivity index (χ1n) is 8.90. The van der Waals surface area contributed by atoms with Gasteiger partial charge in [-0.1, -0.05) is 36.4 Å². The van der Waals surface area contributed by atoms with Crippen molar-refractivity contribution in [3.63, 3.8) is 0 Å². The first kappa shape index (κ1) is 23.5. The van der Waals surface area contributed by atoms with Crippen LogP contribution in [0.4, 0.5) is 5.69 Å². The number of hydrogen-bond donors (Lipinski definition) is 3. The van der Waals surface area contributed by atoms with E-state index >= 15 is 0 Å². The van der Waals surface area contributed by atoms with Gasteiger partial charge in [-0.3, -0.25) is 4.79 Å². The van der Waals surface area contributed by atoms with Crippen LogP contribution in [-0.4, -0.2) is 44.7 Å². The van der Waals surface area contributed by atoms with E-state index in [2.05, 4.69) is 0 Å². The van der Waals surface area contributed by atoms with Gasteiger partial charge < -0.3 is 20.8 Å². The van der Waals surface area contributed by atoms with Gasteiger partial charge in [0.25, 0.3) is 9.05 Å². The van der Waals surface area contributed by atoms with Gasteiger partial charge >= 0.3 is 5.97 Å². The molecule has 3 aromatic carbocycles. The van der Waals surface area contributed by atoms with Gasteiger partial charge in [0.15, 0.2) is 0 Å². The minimum atomic E-state index is -3.72. The summed E-state index contributed by atoms with van der Waals surface area (Å²) in [6.07, 6.45) is 0.273. The quantitative estimate of drug-likeness (QED) is 0.510. The van der Waals surface area contributed by atoms with Crippen LogP contribution in [0.5, 0.6) is 5.75 Å². The summed E-state index contributed by atoms with van der Waals surface area (Å²) in [6.45, 7) is 0. The number of fused-ring (bicyclic) bond motifs is 1. The van der Waals surface area contributed by atoms with Crippen molar-refractivity contribution in [2.24, 2.45) is 5.73 Å². The number of nitrogens with two attached hydrogens (primary N) is 1. The van der Waals surface area contributed by atoms with Crippen LogP contribution >= 0.6 is 10.7 Å². The van der Waals surface area contributed by atoms with Crippen molar-refractivity contribution in [1.29, 1.82) is 0 Å². The van der Waals surface area contributed by atoms with Crippen LogP contribution in [0.1, 0.15) is 5.56 Å². The molecule has 0 bridgehead atoms. The van der Waals surface area contributed by atoms with Crippen molar-refractivity contribution in [3.8, 4) is 5.75 Å². The molecule has 3 rings (SSSR count). The minimum Gasteiger partial charge on any atom is -0.508 e. The lowest BCUT2D eigenvalue weighted by Gasteiger charge is -2.16. The third kappa shape index (κ3) is 6.09. The number of nitrogens with zero attached hydrogens (tertiary/aromatic N) is 1. The lowest BCUT2D eigenvalue weighted by atomic mass is 10.1. The molecule has 1 atom stereocenters. The standard InChI is InChI=1S/C12H12ClNO2S.C9H11NO3/c1-14(2)11-7-3-6-10-9(11)5-4-8-12(10)17(13,15)16;10-8(9(12)13)5-6-1-3-7(11)4-2-6/h3-8H,1-2H3;1-4,8,11H,5,10H2,(H,12,13). The molecule has 7 nitrogen and oxygen atoms in total. The maximum absolute atomic E-state index is 11.5. The number of carboxylic acids is 1. The van der Waals surface area contributed by atoms with E-state index in [1.54, 1.807) is 24.3 Å². The Morgan fingerprint density at radius 1 is 1.03 bits per heavy atom. The summed E-state index contributed by atoms with van der Waals surface area (Å²) in [5.41, 5.74) is 7.09. The fourth-order valence-corrected chi connectivity index (χ4v) is 3.93. The summed E-state index contributed by atoms with van der Waals surface area (Å²) < 4.78 is 23.0. The molecule has 0 aromatic heterocycles. The molecule has 160 valence electrons. The van der Waals surface area contributed by atoms with Gasteiger partial charge in [0.2, 0.25) is 0 Å². The van der Waals surface area contributed by atoms with Crippen LogP contribution in [0.25, 0.3) is 10.8 Å². The molecule has 3 aromatic rings. The van der Waals surface area contributed by atoms with Crippen LogP contribution in [0.3, 0.4) is 0 Å². The lowest BCUT2D eigenvalue weighted by Crippen LogP contribution is -2.32. The SMILES string of the molecule is CN(C)c1cccc2c(S(=O)(=O)Cl)cccc12.NC(Cc1ccc(O)cc1)C(=O)O. The van der Waals surface area contributed by atoms with Crippen LogP contribution < -0.4 is 10.6 Å². The van der Waals surface area contributed by atoms with Crippen LogP contribution in [-0.2, 0) is 20.3 Å². The molecule has 0 aliphatic heterocycles. The molecule has 0 saturated heterocycles. The van der Waals surface area contributed by atoms with Crippen molar-refractivity contribution in [2.75, 3.05) is 19.0 Å². The number of halogens is 1. The number of rotatable bonds is 5. The average molecular weight is 451 g/mol. The first-order chi connectivity index (χ1) is 14.0. The molecule has 0 aliphatic carbocycles. The topological polar surface area (TPSA) is 121 Å². The average Bonchev–Trinajstić information content (AvgIpc) is 2.68. The van der Waals surface area contributed by atoms with E-state index in [9.17, 15) is 13.2 Å². The molecule has 0 aliphatic rings. The third-order valence-corrected chi connectivity index (χ3v) is 5.69. The van der Waals surface area contributed by atoms with E-state index in [0.29, 0.717) is 5.39 Å². The largest absolute Gasteiger partial charge is 0.508 e. The Hall–Kier alpha value is -2.81. The summed E-state index contributed by atoms with van der Waals surface area (Å²) >= 11 is 0. The maximum Gasteiger partial charge on any atom is 0.320 e. The number of carbonyl (C=O) groups is 1. The summed E-state index contributed by atoms with van der Waals surface area (Å²) in [5, 5.41) is 19.0. The van der Waals surface area contributed by atoms with Gasteiger partial charge in [-0.2, -0.15) is 0 Å². The normalized spacial score (nSPS) is 12.0.